The number of nitrogens with one attached hydrogen (secondary N) is 1. The molecule has 0 bridgehead atoms. The third kappa shape index (κ3) is 2.95. The molecule has 0 aromatic rings. The zero-order valence-corrected chi connectivity index (χ0v) is 10.1. The van der Waals surface area contributed by atoms with Gasteiger partial charge in [-0.1, -0.05) is 0 Å². The maximum absolute atomic E-state index is 12.0. The van der Waals surface area contributed by atoms with Gasteiger partial charge in [-0.15, -0.1) is 0 Å². The summed E-state index contributed by atoms with van der Waals surface area (Å²) in [6.07, 6.45) is 2.82. The van der Waals surface area contributed by atoms with E-state index < -0.39 is 0 Å². The Labute approximate surface area is 97.3 Å². The SMILES string of the molecule is C[C@H]1CNCCN1C(=O)CCC1CCOC1. The molecule has 2 saturated heterocycles. The van der Waals surface area contributed by atoms with Crippen LogP contribution >= 0.6 is 0 Å². The fraction of sp³-hybridized carbons (Fsp3) is 0.917. The van der Waals surface area contributed by atoms with E-state index in [1.807, 2.05) is 4.90 Å². The fourth-order valence-electron chi connectivity index (χ4n) is 2.49. The molecule has 92 valence electrons. The van der Waals surface area contributed by atoms with E-state index in [1.54, 1.807) is 0 Å². The highest BCUT2D eigenvalue weighted by molar-refractivity contribution is 5.76. The van der Waals surface area contributed by atoms with Crippen molar-refractivity contribution in [3.8, 4) is 0 Å². The summed E-state index contributed by atoms with van der Waals surface area (Å²) >= 11 is 0. The Morgan fingerprint density at radius 2 is 2.44 bits per heavy atom. The third-order valence-electron chi connectivity index (χ3n) is 3.61. The summed E-state index contributed by atoms with van der Waals surface area (Å²) in [6.45, 7) is 6.57. The summed E-state index contributed by atoms with van der Waals surface area (Å²) in [5.41, 5.74) is 0. The van der Waals surface area contributed by atoms with E-state index >= 15 is 0 Å². The predicted molar refractivity (Wildman–Crippen MR) is 62.2 cm³/mol. The molecule has 2 rings (SSSR count). The number of piperazine rings is 1. The molecule has 2 fully saturated rings. The van der Waals surface area contributed by atoms with E-state index in [4.69, 9.17) is 4.74 Å². The molecule has 1 amide bonds. The molecular weight excluding hydrogens is 204 g/mol. The summed E-state index contributed by atoms with van der Waals surface area (Å²) in [5, 5.41) is 3.30. The first-order valence-corrected chi connectivity index (χ1v) is 6.35. The quantitative estimate of drug-likeness (QED) is 0.767. The maximum atomic E-state index is 12.0. The van der Waals surface area contributed by atoms with Gasteiger partial charge in [0.05, 0.1) is 0 Å². The van der Waals surface area contributed by atoms with Crippen LogP contribution < -0.4 is 5.32 Å². The second-order valence-electron chi connectivity index (χ2n) is 4.91. The number of carbonyl (C=O) groups excluding carboxylic acids is 1. The van der Waals surface area contributed by atoms with Crippen molar-refractivity contribution in [3.05, 3.63) is 0 Å². The highest BCUT2D eigenvalue weighted by atomic mass is 16.5. The number of rotatable bonds is 3. The summed E-state index contributed by atoms with van der Waals surface area (Å²) in [7, 11) is 0. The first-order chi connectivity index (χ1) is 7.77. The number of hydrogen-bond acceptors (Lipinski definition) is 3. The van der Waals surface area contributed by atoms with Crippen molar-refractivity contribution in [2.75, 3.05) is 32.8 Å². The highest BCUT2D eigenvalue weighted by Gasteiger charge is 2.24. The fourth-order valence-corrected chi connectivity index (χ4v) is 2.49. The van der Waals surface area contributed by atoms with Crippen molar-refractivity contribution in [3.63, 3.8) is 0 Å². The van der Waals surface area contributed by atoms with Crippen LogP contribution in [0.15, 0.2) is 0 Å². The molecule has 2 heterocycles. The molecule has 0 spiro atoms. The molecule has 1 unspecified atom stereocenters. The first-order valence-electron chi connectivity index (χ1n) is 6.35. The van der Waals surface area contributed by atoms with Crippen LogP contribution in [0.1, 0.15) is 26.2 Å². The minimum atomic E-state index is 0.320. The van der Waals surface area contributed by atoms with Crippen LogP contribution in [0.25, 0.3) is 0 Å². The van der Waals surface area contributed by atoms with Crippen LogP contribution in [0, 0.1) is 5.92 Å². The van der Waals surface area contributed by atoms with Gasteiger partial charge < -0.3 is 15.0 Å². The number of nitrogens with zero attached hydrogens (tertiary/aromatic N) is 1. The van der Waals surface area contributed by atoms with Crippen molar-refractivity contribution in [1.82, 2.24) is 10.2 Å². The summed E-state index contributed by atoms with van der Waals surface area (Å²) < 4.78 is 5.32. The third-order valence-corrected chi connectivity index (χ3v) is 3.61. The summed E-state index contributed by atoms with van der Waals surface area (Å²) in [6, 6.07) is 0.348. The Hall–Kier alpha value is -0.610. The summed E-state index contributed by atoms with van der Waals surface area (Å²) in [4.78, 5) is 14.0. The van der Waals surface area contributed by atoms with Crippen molar-refractivity contribution in [1.29, 1.82) is 0 Å². The average Bonchev–Trinajstić information content (AvgIpc) is 2.79. The Kier molecular flexibility index (Phi) is 4.18. The monoisotopic (exact) mass is 226 g/mol. The van der Waals surface area contributed by atoms with Gasteiger partial charge in [0.2, 0.25) is 5.91 Å². The molecule has 2 aliphatic heterocycles. The number of carbonyl (C=O) groups is 1. The minimum Gasteiger partial charge on any atom is -0.381 e. The predicted octanol–water partition coefficient (Wildman–Crippen LogP) is 0.623. The maximum Gasteiger partial charge on any atom is 0.222 e. The van der Waals surface area contributed by atoms with Crippen molar-refractivity contribution >= 4 is 5.91 Å². The smallest absolute Gasteiger partial charge is 0.222 e. The lowest BCUT2D eigenvalue weighted by atomic mass is 10.0. The molecule has 0 radical (unpaired) electrons. The van der Waals surface area contributed by atoms with Crippen molar-refractivity contribution < 1.29 is 9.53 Å². The molecule has 16 heavy (non-hydrogen) atoms. The van der Waals surface area contributed by atoms with Gasteiger partial charge in [-0.25, -0.2) is 0 Å². The lowest BCUT2D eigenvalue weighted by Gasteiger charge is -2.34. The molecule has 0 aliphatic carbocycles. The van der Waals surface area contributed by atoms with Gasteiger partial charge in [0.1, 0.15) is 0 Å². The van der Waals surface area contributed by atoms with Crippen molar-refractivity contribution in [2.45, 2.75) is 32.2 Å². The summed E-state index contributed by atoms with van der Waals surface area (Å²) in [5.74, 6) is 0.933. The van der Waals surface area contributed by atoms with Gasteiger partial charge in [-0.3, -0.25) is 4.79 Å². The molecule has 4 nitrogen and oxygen atoms in total. The number of amides is 1. The largest absolute Gasteiger partial charge is 0.381 e. The normalized spacial score (nSPS) is 30.7. The van der Waals surface area contributed by atoms with Crippen LogP contribution in [-0.2, 0) is 9.53 Å². The zero-order chi connectivity index (χ0) is 11.4. The van der Waals surface area contributed by atoms with E-state index in [9.17, 15) is 4.79 Å². The van der Waals surface area contributed by atoms with Gasteiger partial charge in [0, 0.05) is 45.3 Å². The minimum absolute atomic E-state index is 0.320. The molecule has 1 N–H and O–H groups in total. The van der Waals surface area contributed by atoms with Gasteiger partial charge in [-0.05, 0) is 25.7 Å². The molecule has 2 aliphatic rings. The van der Waals surface area contributed by atoms with Crippen LogP contribution in [-0.4, -0.2) is 49.7 Å². The highest BCUT2D eigenvalue weighted by Crippen LogP contribution is 2.19. The zero-order valence-electron chi connectivity index (χ0n) is 10.1. The molecule has 0 saturated carbocycles. The molecule has 0 aromatic heterocycles. The van der Waals surface area contributed by atoms with Gasteiger partial charge >= 0.3 is 0 Å². The van der Waals surface area contributed by atoms with Crippen LogP contribution in [0.4, 0.5) is 0 Å². The molecule has 4 heteroatoms. The number of hydrogen-bond donors (Lipinski definition) is 1. The molecular formula is C12H22N2O2. The van der Waals surface area contributed by atoms with E-state index in [0.29, 0.717) is 24.3 Å². The Morgan fingerprint density at radius 3 is 3.12 bits per heavy atom. The lowest BCUT2D eigenvalue weighted by Crippen LogP contribution is -2.52. The Morgan fingerprint density at radius 1 is 1.56 bits per heavy atom. The standard InChI is InChI=1S/C12H22N2O2/c1-10-8-13-5-6-14(10)12(15)3-2-11-4-7-16-9-11/h10-11,13H,2-9H2,1H3/t10-,11?/m0/s1. The average molecular weight is 226 g/mol. The molecule has 0 aromatic carbocycles. The molecule has 2 atom stereocenters. The van der Waals surface area contributed by atoms with Crippen LogP contribution in [0.5, 0.6) is 0 Å². The van der Waals surface area contributed by atoms with E-state index in [-0.39, 0.29) is 0 Å². The lowest BCUT2D eigenvalue weighted by molar-refractivity contribution is -0.134. The van der Waals surface area contributed by atoms with Gasteiger partial charge in [0.25, 0.3) is 0 Å². The van der Waals surface area contributed by atoms with Gasteiger partial charge in [-0.2, -0.15) is 0 Å². The second-order valence-corrected chi connectivity index (χ2v) is 4.91. The van der Waals surface area contributed by atoms with Crippen LogP contribution in [0.2, 0.25) is 0 Å². The Bertz CT molecular complexity index is 239. The first kappa shape index (κ1) is 11.9. The van der Waals surface area contributed by atoms with E-state index in [0.717, 1.165) is 45.7 Å². The van der Waals surface area contributed by atoms with Gasteiger partial charge in [0.15, 0.2) is 0 Å². The van der Waals surface area contributed by atoms with E-state index in [2.05, 4.69) is 12.2 Å². The Balaban J connectivity index is 1.73. The van der Waals surface area contributed by atoms with Crippen LogP contribution in [0.3, 0.4) is 0 Å². The topological polar surface area (TPSA) is 41.6 Å². The van der Waals surface area contributed by atoms with Crippen molar-refractivity contribution in [2.24, 2.45) is 5.92 Å². The number of ether oxygens (including phenoxy) is 1. The van der Waals surface area contributed by atoms with E-state index in [1.165, 1.54) is 0 Å². The second kappa shape index (κ2) is 5.64.